The van der Waals surface area contributed by atoms with Gasteiger partial charge in [0.05, 0.1) is 12.1 Å². The lowest BCUT2D eigenvalue weighted by atomic mass is 10.1. The Morgan fingerprint density at radius 2 is 2.00 bits per heavy atom. The molecule has 0 saturated carbocycles. The Morgan fingerprint density at radius 1 is 1.20 bits per heavy atom. The van der Waals surface area contributed by atoms with Crippen molar-refractivity contribution in [2.45, 2.75) is 12.7 Å². The molecule has 1 fully saturated rings. The van der Waals surface area contributed by atoms with Crippen LogP contribution < -0.4 is 10.2 Å². The van der Waals surface area contributed by atoms with Crippen molar-refractivity contribution in [3.05, 3.63) is 46.5 Å². The van der Waals surface area contributed by atoms with Gasteiger partial charge in [0.1, 0.15) is 10.7 Å². The van der Waals surface area contributed by atoms with E-state index in [-0.39, 0.29) is 6.54 Å². The third kappa shape index (κ3) is 3.11. The second kappa shape index (κ2) is 6.34. The highest BCUT2D eigenvalue weighted by Gasteiger charge is 2.36. The van der Waals surface area contributed by atoms with E-state index in [1.54, 1.807) is 17.6 Å². The molecule has 0 radical (unpaired) electrons. The molecule has 4 nitrogen and oxygen atoms in total. The second-order valence-corrected chi connectivity index (χ2v) is 6.97. The molecule has 1 saturated heterocycles. The van der Waals surface area contributed by atoms with Crippen LogP contribution in [0.3, 0.4) is 0 Å². The number of nitrogens with zero attached hydrogens (tertiary/aromatic N) is 3. The first kappa shape index (κ1) is 16.4. The van der Waals surface area contributed by atoms with Crippen LogP contribution in [0.1, 0.15) is 10.7 Å². The number of rotatable bonds is 3. The zero-order valence-electron chi connectivity index (χ0n) is 13.4. The largest absolute Gasteiger partial charge is 0.431 e. The summed E-state index contributed by atoms with van der Waals surface area (Å²) in [4.78, 5) is 6.29. The maximum atomic E-state index is 13.6. The number of piperazine rings is 1. The molecule has 1 N–H and O–H groups in total. The van der Waals surface area contributed by atoms with Gasteiger partial charge in [-0.2, -0.15) is 13.2 Å². The maximum absolute atomic E-state index is 13.6. The fourth-order valence-corrected chi connectivity index (χ4v) is 3.93. The summed E-state index contributed by atoms with van der Waals surface area (Å²) in [6.45, 7) is 3.38. The molecule has 3 aromatic rings. The summed E-state index contributed by atoms with van der Waals surface area (Å²) in [5.74, 6) is 0. The van der Waals surface area contributed by atoms with Crippen LogP contribution in [-0.2, 0) is 12.7 Å². The van der Waals surface area contributed by atoms with Crippen molar-refractivity contribution in [2.24, 2.45) is 0 Å². The fourth-order valence-electron chi connectivity index (χ4n) is 3.32. The van der Waals surface area contributed by atoms with E-state index in [9.17, 15) is 13.2 Å². The first-order chi connectivity index (χ1) is 12.0. The van der Waals surface area contributed by atoms with Crippen molar-refractivity contribution in [2.75, 3.05) is 31.1 Å². The average Bonchev–Trinajstić information content (AvgIpc) is 3.23. The highest BCUT2D eigenvalue weighted by molar-refractivity contribution is 7.09. The summed E-state index contributed by atoms with van der Waals surface area (Å²) in [6, 6.07) is 6.77. The number of anilines is 1. The van der Waals surface area contributed by atoms with Gasteiger partial charge in [-0.1, -0.05) is 6.07 Å². The van der Waals surface area contributed by atoms with Crippen LogP contribution in [-0.4, -0.2) is 35.7 Å². The molecule has 0 aliphatic carbocycles. The van der Waals surface area contributed by atoms with Gasteiger partial charge >= 0.3 is 6.18 Å². The molecule has 25 heavy (non-hydrogen) atoms. The molecule has 4 rings (SSSR count). The first-order valence-corrected chi connectivity index (χ1v) is 8.95. The van der Waals surface area contributed by atoms with Gasteiger partial charge in [-0.15, -0.1) is 11.3 Å². The van der Waals surface area contributed by atoms with Gasteiger partial charge in [0.25, 0.3) is 0 Å². The van der Waals surface area contributed by atoms with Gasteiger partial charge in [0.2, 0.25) is 0 Å². The van der Waals surface area contributed by atoms with Gasteiger partial charge in [-0.25, -0.2) is 4.98 Å². The Hall–Kier alpha value is -2.06. The first-order valence-electron chi connectivity index (χ1n) is 8.07. The van der Waals surface area contributed by atoms with Crippen LogP contribution in [0.15, 0.2) is 35.8 Å². The average molecular weight is 366 g/mol. The normalized spacial score (nSPS) is 15.9. The third-order valence-corrected chi connectivity index (χ3v) is 5.21. The summed E-state index contributed by atoms with van der Waals surface area (Å²) in [7, 11) is 0. The molecule has 1 aliphatic rings. The molecule has 3 heterocycles. The van der Waals surface area contributed by atoms with E-state index in [4.69, 9.17) is 0 Å². The number of alkyl halides is 3. The van der Waals surface area contributed by atoms with Crippen LogP contribution in [0, 0.1) is 0 Å². The molecule has 1 aliphatic heterocycles. The van der Waals surface area contributed by atoms with Crippen molar-refractivity contribution in [1.82, 2.24) is 14.9 Å². The Balaban J connectivity index is 1.86. The lowest BCUT2D eigenvalue weighted by molar-refractivity contribution is -0.143. The molecular formula is C17H17F3N4S. The van der Waals surface area contributed by atoms with Gasteiger partial charge < -0.3 is 14.8 Å². The maximum Gasteiger partial charge on any atom is 0.431 e. The van der Waals surface area contributed by atoms with Crippen molar-refractivity contribution in [3.8, 4) is 0 Å². The summed E-state index contributed by atoms with van der Waals surface area (Å²) in [5.41, 5.74) is 0.834. The number of benzene rings is 1. The molecule has 0 atom stereocenters. The highest BCUT2D eigenvalue weighted by Crippen LogP contribution is 2.38. The fraction of sp³-hybridized carbons (Fsp3) is 0.353. The smallest absolute Gasteiger partial charge is 0.368 e. The molecule has 8 heteroatoms. The van der Waals surface area contributed by atoms with Gasteiger partial charge in [0.15, 0.2) is 0 Å². The zero-order valence-corrected chi connectivity index (χ0v) is 14.2. The molecule has 2 aromatic heterocycles. The van der Waals surface area contributed by atoms with E-state index in [1.807, 2.05) is 12.1 Å². The minimum Gasteiger partial charge on any atom is -0.368 e. The van der Waals surface area contributed by atoms with Crippen LogP contribution in [0.25, 0.3) is 10.9 Å². The second-order valence-electron chi connectivity index (χ2n) is 5.99. The Kier molecular flexibility index (Phi) is 4.16. The number of hydrogen-bond donors (Lipinski definition) is 1. The van der Waals surface area contributed by atoms with Crippen LogP contribution in [0.5, 0.6) is 0 Å². The van der Waals surface area contributed by atoms with E-state index in [0.29, 0.717) is 15.9 Å². The predicted octanol–water partition coefficient (Wildman–Crippen LogP) is 3.57. The summed E-state index contributed by atoms with van der Waals surface area (Å²) in [6.07, 6.45) is -2.79. The van der Waals surface area contributed by atoms with Gasteiger partial charge in [0, 0.05) is 48.8 Å². The predicted molar refractivity (Wildman–Crippen MR) is 93.2 cm³/mol. The monoisotopic (exact) mass is 366 g/mol. The molecular weight excluding hydrogens is 349 g/mol. The number of halogens is 3. The molecule has 0 unspecified atom stereocenters. The van der Waals surface area contributed by atoms with Crippen molar-refractivity contribution >= 4 is 27.9 Å². The minimum absolute atomic E-state index is 0.126. The SMILES string of the molecule is FC(F)(F)c1cc2c(N3CCNCC3)cccc2n1Cc1nccs1. The Bertz CT molecular complexity index is 864. The van der Waals surface area contributed by atoms with Gasteiger partial charge in [-0.3, -0.25) is 0 Å². The van der Waals surface area contributed by atoms with Crippen molar-refractivity contribution in [3.63, 3.8) is 0 Å². The number of hydrogen-bond acceptors (Lipinski definition) is 4. The van der Waals surface area contributed by atoms with Gasteiger partial charge in [-0.05, 0) is 18.2 Å². The minimum atomic E-state index is -4.41. The molecule has 132 valence electrons. The van der Waals surface area contributed by atoms with E-state index in [0.717, 1.165) is 31.9 Å². The Morgan fingerprint density at radius 3 is 2.68 bits per heavy atom. The summed E-state index contributed by atoms with van der Waals surface area (Å²) < 4.78 is 42.2. The van der Waals surface area contributed by atoms with Crippen LogP contribution >= 0.6 is 11.3 Å². The lowest BCUT2D eigenvalue weighted by Crippen LogP contribution is -2.43. The number of nitrogens with one attached hydrogen (secondary N) is 1. The molecule has 0 spiro atoms. The Labute approximate surface area is 146 Å². The van der Waals surface area contributed by atoms with Crippen molar-refractivity contribution in [1.29, 1.82) is 0 Å². The summed E-state index contributed by atoms with van der Waals surface area (Å²) >= 11 is 1.36. The topological polar surface area (TPSA) is 33.1 Å². The quantitative estimate of drug-likeness (QED) is 0.769. The van der Waals surface area contributed by atoms with E-state index in [1.165, 1.54) is 22.0 Å². The van der Waals surface area contributed by atoms with Crippen LogP contribution in [0.2, 0.25) is 0 Å². The zero-order chi connectivity index (χ0) is 17.4. The standard InChI is InChI=1S/C17H17F3N4S/c18-17(19,20)15-10-12-13(23-7-4-21-5-8-23)2-1-3-14(12)24(15)11-16-22-6-9-25-16/h1-3,6,9-10,21H,4-5,7-8,11H2. The lowest BCUT2D eigenvalue weighted by Gasteiger charge is -2.30. The van der Waals surface area contributed by atoms with E-state index >= 15 is 0 Å². The van der Waals surface area contributed by atoms with E-state index in [2.05, 4.69) is 15.2 Å². The third-order valence-electron chi connectivity index (χ3n) is 4.45. The molecule has 0 amide bonds. The molecule has 1 aromatic carbocycles. The van der Waals surface area contributed by atoms with Crippen LogP contribution in [0.4, 0.5) is 18.9 Å². The number of fused-ring (bicyclic) bond motifs is 1. The van der Waals surface area contributed by atoms with E-state index < -0.39 is 11.9 Å². The van der Waals surface area contributed by atoms with Crippen molar-refractivity contribution < 1.29 is 13.2 Å². The number of thiazole rings is 1. The highest BCUT2D eigenvalue weighted by atomic mass is 32.1. The number of aromatic nitrogens is 2. The molecule has 0 bridgehead atoms. The summed E-state index contributed by atoms with van der Waals surface area (Å²) in [5, 5.41) is 6.36.